The molecule has 1 amide bonds. The lowest BCUT2D eigenvalue weighted by molar-refractivity contribution is 0.0699. The maximum absolute atomic E-state index is 13.3. The number of carbonyl (C=O) groups excluding carboxylic acids is 1. The van der Waals surface area contributed by atoms with E-state index < -0.39 is 0 Å². The molecule has 4 nitrogen and oxygen atoms in total. The molecule has 1 aromatic heterocycles. The van der Waals surface area contributed by atoms with Gasteiger partial charge in [-0.2, -0.15) is 0 Å². The van der Waals surface area contributed by atoms with E-state index in [2.05, 4.69) is 4.98 Å². The van der Waals surface area contributed by atoms with Crippen LogP contribution in [0.4, 0.5) is 0 Å². The summed E-state index contributed by atoms with van der Waals surface area (Å²) in [5, 5.41) is 0. The van der Waals surface area contributed by atoms with E-state index in [0.717, 1.165) is 42.0 Å². The molecule has 0 N–H and O–H groups in total. The van der Waals surface area contributed by atoms with Crippen molar-refractivity contribution >= 4 is 5.91 Å². The van der Waals surface area contributed by atoms with Crippen LogP contribution in [0.25, 0.3) is 0 Å². The average Bonchev–Trinajstić information content (AvgIpc) is 3.16. The summed E-state index contributed by atoms with van der Waals surface area (Å²) in [6, 6.07) is 9.87. The summed E-state index contributed by atoms with van der Waals surface area (Å²) in [5.41, 5.74) is 3.06. The highest BCUT2D eigenvalue weighted by Gasteiger charge is 2.23. The van der Waals surface area contributed by atoms with E-state index in [-0.39, 0.29) is 5.91 Å². The second-order valence-electron chi connectivity index (χ2n) is 7.47. The molecule has 0 unspecified atom stereocenters. The van der Waals surface area contributed by atoms with Gasteiger partial charge in [-0.05, 0) is 60.2 Å². The minimum Gasteiger partial charge on any atom is -0.493 e. The zero-order valence-corrected chi connectivity index (χ0v) is 15.2. The minimum absolute atomic E-state index is 0.127. The van der Waals surface area contributed by atoms with Crippen LogP contribution in [-0.4, -0.2) is 28.9 Å². The molecule has 0 atom stereocenters. The maximum atomic E-state index is 13.3. The molecule has 1 aromatic carbocycles. The van der Waals surface area contributed by atoms with Gasteiger partial charge < -0.3 is 9.64 Å². The van der Waals surface area contributed by atoms with Crippen molar-refractivity contribution in [2.45, 2.75) is 45.1 Å². The molecule has 0 bridgehead atoms. The number of fused-ring (bicyclic) bond motifs is 1. The molecular formula is C22H26N2O2. The molecule has 4 heteroatoms. The summed E-state index contributed by atoms with van der Waals surface area (Å²) < 4.78 is 5.58. The van der Waals surface area contributed by atoms with Crippen molar-refractivity contribution in [3.05, 3.63) is 59.4 Å². The van der Waals surface area contributed by atoms with Crippen molar-refractivity contribution < 1.29 is 9.53 Å². The molecule has 1 fully saturated rings. The first-order valence-corrected chi connectivity index (χ1v) is 9.73. The Hall–Kier alpha value is -2.36. The average molecular weight is 350 g/mol. The lowest BCUT2D eigenvalue weighted by Gasteiger charge is -2.30. The summed E-state index contributed by atoms with van der Waals surface area (Å²) in [6.07, 6.45) is 10.9. The first-order chi connectivity index (χ1) is 12.8. The van der Waals surface area contributed by atoms with Gasteiger partial charge in [-0.15, -0.1) is 0 Å². The molecule has 2 aliphatic rings. The molecule has 136 valence electrons. The number of carbonyl (C=O) groups is 1. The fourth-order valence-electron chi connectivity index (χ4n) is 4.11. The van der Waals surface area contributed by atoms with E-state index in [9.17, 15) is 4.79 Å². The SMILES string of the molecule is O=C(c1ccc2c(c1)CCO2)N(Cc1ccncc1)CC1CCCCC1. The third-order valence-electron chi connectivity index (χ3n) is 5.55. The number of nitrogens with zero attached hydrogens (tertiary/aromatic N) is 2. The van der Waals surface area contributed by atoms with Crippen LogP contribution in [0.5, 0.6) is 5.75 Å². The molecule has 1 aliphatic heterocycles. The van der Waals surface area contributed by atoms with Crippen LogP contribution in [0.1, 0.15) is 53.6 Å². The fraction of sp³-hybridized carbons (Fsp3) is 0.455. The number of ether oxygens (including phenoxy) is 1. The Morgan fingerprint density at radius 1 is 1.12 bits per heavy atom. The lowest BCUT2D eigenvalue weighted by atomic mass is 9.88. The van der Waals surface area contributed by atoms with Gasteiger partial charge >= 0.3 is 0 Å². The highest BCUT2D eigenvalue weighted by atomic mass is 16.5. The van der Waals surface area contributed by atoms with Crippen molar-refractivity contribution in [2.75, 3.05) is 13.2 Å². The third kappa shape index (κ3) is 3.90. The Labute approximate surface area is 155 Å². The first kappa shape index (κ1) is 17.1. The van der Waals surface area contributed by atoms with Crippen molar-refractivity contribution in [1.82, 2.24) is 9.88 Å². The number of pyridine rings is 1. The van der Waals surface area contributed by atoms with Crippen molar-refractivity contribution in [2.24, 2.45) is 5.92 Å². The van der Waals surface area contributed by atoms with E-state index in [1.807, 2.05) is 35.2 Å². The standard InChI is InChI=1S/C22H26N2O2/c25-22(20-6-7-21-19(14-20)10-13-26-21)24(15-17-4-2-1-3-5-17)16-18-8-11-23-12-9-18/h6-9,11-12,14,17H,1-5,10,13,15-16H2. The van der Waals surface area contributed by atoms with Gasteiger partial charge in [-0.1, -0.05) is 19.3 Å². The van der Waals surface area contributed by atoms with E-state index in [1.54, 1.807) is 12.4 Å². The third-order valence-corrected chi connectivity index (χ3v) is 5.55. The largest absolute Gasteiger partial charge is 0.493 e. The summed E-state index contributed by atoms with van der Waals surface area (Å²) in [5.74, 6) is 1.67. The van der Waals surface area contributed by atoms with Gasteiger partial charge in [0, 0.05) is 37.5 Å². The highest BCUT2D eigenvalue weighted by Crippen LogP contribution is 2.28. The number of rotatable bonds is 5. The number of hydrogen-bond acceptors (Lipinski definition) is 3. The van der Waals surface area contributed by atoms with Gasteiger partial charge in [-0.3, -0.25) is 9.78 Å². The first-order valence-electron chi connectivity index (χ1n) is 9.73. The number of benzene rings is 1. The van der Waals surface area contributed by atoms with E-state index in [4.69, 9.17) is 4.74 Å². The predicted molar refractivity (Wildman–Crippen MR) is 101 cm³/mol. The van der Waals surface area contributed by atoms with E-state index in [0.29, 0.717) is 12.5 Å². The van der Waals surface area contributed by atoms with Crippen molar-refractivity contribution in [1.29, 1.82) is 0 Å². The second-order valence-corrected chi connectivity index (χ2v) is 7.47. The van der Waals surface area contributed by atoms with Crippen molar-refractivity contribution in [3.63, 3.8) is 0 Å². The molecule has 4 rings (SSSR count). The molecule has 1 aliphatic carbocycles. The number of aromatic nitrogens is 1. The Morgan fingerprint density at radius 2 is 1.92 bits per heavy atom. The van der Waals surface area contributed by atoms with Crippen LogP contribution in [0, 0.1) is 5.92 Å². The monoisotopic (exact) mass is 350 g/mol. The van der Waals surface area contributed by atoms with Gasteiger partial charge in [0.15, 0.2) is 0 Å². The van der Waals surface area contributed by atoms with Gasteiger partial charge in [0.05, 0.1) is 6.61 Å². The minimum atomic E-state index is 0.127. The summed E-state index contributed by atoms with van der Waals surface area (Å²) >= 11 is 0. The Bertz CT molecular complexity index is 754. The molecule has 0 radical (unpaired) electrons. The normalized spacial score (nSPS) is 16.8. The van der Waals surface area contributed by atoms with E-state index in [1.165, 1.54) is 32.1 Å². The fourth-order valence-corrected chi connectivity index (χ4v) is 4.11. The Kier molecular flexibility index (Phi) is 5.19. The molecule has 26 heavy (non-hydrogen) atoms. The Morgan fingerprint density at radius 3 is 2.73 bits per heavy atom. The Balaban J connectivity index is 1.55. The topological polar surface area (TPSA) is 42.4 Å². The van der Waals surface area contributed by atoms with Crippen LogP contribution in [0.15, 0.2) is 42.7 Å². The summed E-state index contributed by atoms with van der Waals surface area (Å²) in [6.45, 7) is 2.20. The smallest absolute Gasteiger partial charge is 0.254 e. The molecule has 2 heterocycles. The van der Waals surface area contributed by atoms with Crippen LogP contribution in [-0.2, 0) is 13.0 Å². The zero-order chi connectivity index (χ0) is 17.8. The maximum Gasteiger partial charge on any atom is 0.254 e. The van der Waals surface area contributed by atoms with Gasteiger partial charge in [0.1, 0.15) is 5.75 Å². The molecule has 0 saturated heterocycles. The quantitative estimate of drug-likeness (QED) is 0.810. The van der Waals surface area contributed by atoms with Crippen LogP contribution < -0.4 is 4.74 Å². The number of hydrogen-bond donors (Lipinski definition) is 0. The highest BCUT2D eigenvalue weighted by molar-refractivity contribution is 5.94. The van der Waals surface area contributed by atoms with Crippen molar-refractivity contribution in [3.8, 4) is 5.75 Å². The van der Waals surface area contributed by atoms with Gasteiger partial charge in [-0.25, -0.2) is 0 Å². The van der Waals surface area contributed by atoms with Crippen LogP contribution >= 0.6 is 0 Å². The summed E-state index contributed by atoms with van der Waals surface area (Å²) in [7, 11) is 0. The molecular weight excluding hydrogens is 324 g/mol. The summed E-state index contributed by atoms with van der Waals surface area (Å²) in [4.78, 5) is 19.4. The molecule has 1 saturated carbocycles. The van der Waals surface area contributed by atoms with E-state index >= 15 is 0 Å². The zero-order valence-electron chi connectivity index (χ0n) is 15.2. The second kappa shape index (κ2) is 7.90. The van der Waals surface area contributed by atoms with Crippen LogP contribution in [0.3, 0.4) is 0 Å². The number of amides is 1. The molecule has 0 spiro atoms. The van der Waals surface area contributed by atoms with Gasteiger partial charge in [0.25, 0.3) is 5.91 Å². The lowest BCUT2D eigenvalue weighted by Crippen LogP contribution is -2.35. The van der Waals surface area contributed by atoms with Gasteiger partial charge in [0.2, 0.25) is 0 Å². The predicted octanol–water partition coefficient (Wildman–Crippen LogP) is 4.24. The van der Waals surface area contributed by atoms with Crippen LogP contribution in [0.2, 0.25) is 0 Å². The molecule has 2 aromatic rings.